The van der Waals surface area contributed by atoms with Crippen molar-refractivity contribution in [1.29, 1.82) is 0 Å². The van der Waals surface area contributed by atoms with Crippen molar-refractivity contribution in [3.8, 4) is 28.8 Å². The summed E-state index contributed by atoms with van der Waals surface area (Å²) in [6.45, 7) is 0.238. The van der Waals surface area contributed by atoms with Crippen LogP contribution in [0.4, 0.5) is 23.2 Å². The summed E-state index contributed by atoms with van der Waals surface area (Å²) in [6.07, 6.45) is -3.95. The van der Waals surface area contributed by atoms with Gasteiger partial charge in [0.2, 0.25) is 0 Å². The minimum Gasteiger partial charge on any atom is -0.497 e. The Balaban J connectivity index is 1.43. The summed E-state index contributed by atoms with van der Waals surface area (Å²) in [5.74, 6) is -0.354. The number of rotatable bonds is 9. The molecule has 0 fully saturated rings. The number of carbonyl (C=O) groups excluding carboxylic acids is 1. The third kappa shape index (κ3) is 6.57. The van der Waals surface area contributed by atoms with E-state index in [-0.39, 0.29) is 24.0 Å². The van der Waals surface area contributed by atoms with Crippen molar-refractivity contribution >= 4 is 11.6 Å². The highest BCUT2D eigenvalue weighted by Gasteiger charge is 2.30. The van der Waals surface area contributed by atoms with Gasteiger partial charge in [0.1, 0.15) is 11.6 Å². The lowest BCUT2D eigenvalue weighted by Gasteiger charge is -2.10. The zero-order valence-electron chi connectivity index (χ0n) is 22.2. The number of hydrogen-bond donors (Lipinski definition) is 1. The lowest BCUT2D eigenvalue weighted by Crippen LogP contribution is -2.14. The van der Waals surface area contributed by atoms with Gasteiger partial charge in [0, 0.05) is 17.7 Å². The number of anilines is 1. The second kappa shape index (κ2) is 12.1. The number of hydrogen-bond acceptors (Lipinski definition) is 5. The standard InChI is InChI=1S/C31H24F4N4O3/c1-41-25-15-9-20(10-16-25)17-18-42-30-37-28(21-11-13-22(14-12-21)31(33,34)35)39(38-30)24-6-4-5-23(19-24)36-29(40)26-7-2-3-8-27(26)32/h2-16,19H,17-18H2,1H3,(H,36,40). The van der Waals surface area contributed by atoms with Gasteiger partial charge in [0.05, 0.1) is 30.5 Å². The third-order valence-corrected chi connectivity index (χ3v) is 6.31. The molecule has 0 atom stereocenters. The molecule has 1 aromatic heterocycles. The van der Waals surface area contributed by atoms with Crippen molar-refractivity contribution in [3.05, 3.63) is 120 Å². The van der Waals surface area contributed by atoms with Crippen LogP contribution in [0.25, 0.3) is 17.1 Å². The number of aromatic nitrogens is 3. The average molecular weight is 577 g/mol. The van der Waals surface area contributed by atoms with Crippen molar-refractivity contribution in [3.63, 3.8) is 0 Å². The van der Waals surface area contributed by atoms with Crippen molar-refractivity contribution in [2.24, 2.45) is 0 Å². The van der Waals surface area contributed by atoms with Crippen molar-refractivity contribution in [2.45, 2.75) is 12.6 Å². The molecule has 42 heavy (non-hydrogen) atoms. The minimum atomic E-state index is -4.49. The summed E-state index contributed by atoms with van der Waals surface area (Å²) in [5, 5.41) is 7.10. The number of nitrogens with one attached hydrogen (secondary N) is 1. The SMILES string of the molecule is COc1ccc(CCOc2nc(-c3ccc(C(F)(F)F)cc3)n(-c3cccc(NC(=O)c4ccccc4F)c3)n2)cc1. The minimum absolute atomic E-state index is 0.0132. The first-order chi connectivity index (χ1) is 20.2. The Labute approximate surface area is 238 Å². The van der Waals surface area contributed by atoms with Gasteiger partial charge < -0.3 is 14.8 Å². The van der Waals surface area contributed by atoms with Crippen LogP contribution < -0.4 is 14.8 Å². The molecule has 1 amide bonds. The average Bonchev–Trinajstić information content (AvgIpc) is 3.42. The van der Waals surface area contributed by atoms with Crippen LogP contribution in [-0.4, -0.2) is 34.4 Å². The molecule has 0 saturated carbocycles. The molecule has 7 nitrogen and oxygen atoms in total. The van der Waals surface area contributed by atoms with Gasteiger partial charge in [-0.05, 0) is 60.2 Å². The molecular weight excluding hydrogens is 552 g/mol. The van der Waals surface area contributed by atoms with Crippen LogP contribution in [0, 0.1) is 5.82 Å². The second-order valence-electron chi connectivity index (χ2n) is 9.14. The van der Waals surface area contributed by atoms with Crippen LogP contribution >= 0.6 is 0 Å². The van der Waals surface area contributed by atoms with Crippen LogP contribution in [0.1, 0.15) is 21.5 Å². The van der Waals surface area contributed by atoms with E-state index in [4.69, 9.17) is 9.47 Å². The van der Waals surface area contributed by atoms with Gasteiger partial charge in [-0.3, -0.25) is 4.79 Å². The van der Waals surface area contributed by atoms with Gasteiger partial charge in [0.25, 0.3) is 5.91 Å². The van der Waals surface area contributed by atoms with E-state index in [1.165, 1.54) is 35.0 Å². The lowest BCUT2D eigenvalue weighted by molar-refractivity contribution is -0.137. The molecular formula is C31H24F4N4O3. The van der Waals surface area contributed by atoms with Gasteiger partial charge in [-0.15, -0.1) is 5.10 Å². The van der Waals surface area contributed by atoms with E-state index in [0.717, 1.165) is 23.4 Å². The molecule has 214 valence electrons. The predicted octanol–water partition coefficient (Wildman–Crippen LogP) is 6.97. The van der Waals surface area contributed by atoms with Gasteiger partial charge in [-0.1, -0.05) is 42.5 Å². The van der Waals surface area contributed by atoms with Crippen molar-refractivity contribution in [2.75, 3.05) is 19.0 Å². The molecule has 4 aromatic carbocycles. The topological polar surface area (TPSA) is 78.3 Å². The zero-order valence-corrected chi connectivity index (χ0v) is 22.2. The van der Waals surface area contributed by atoms with E-state index in [2.05, 4.69) is 15.4 Å². The van der Waals surface area contributed by atoms with E-state index < -0.39 is 23.5 Å². The molecule has 1 heterocycles. The molecule has 0 aliphatic rings. The molecule has 0 bridgehead atoms. The van der Waals surface area contributed by atoms with Crippen LogP contribution in [0.3, 0.4) is 0 Å². The Morgan fingerprint density at radius 1 is 0.929 bits per heavy atom. The lowest BCUT2D eigenvalue weighted by atomic mass is 10.1. The number of methoxy groups -OCH3 is 1. The van der Waals surface area contributed by atoms with E-state index >= 15 is 0 Å². The Bertz CT molecular complexity index is 1680. The quantitative estimate of drug-likeness (QED) is 0.192. The summed E-state index contributed by atoms with van der Waals surface area (Å²) in [7, 11) is 1.58. The molecule has 0 aliphatic heterocycles. The largest absolute Gasteiger partial charge is 0.497 e. The second-order valence-corrected chi connectivity index (χ2v) is 9.14. The highest BCUT2D eigenvalue weighted by molar-refractivity contribution is 6.04. The molecule has 11 heteroatoms. The molecule has 0 saturated heterocycles. The summed E-state index contributed by atoms with van der Waals surface area (Å²) in [5.41, 5.74) is 1.22. The zero-order chi connectivity index (χ0) is 29.7. The van der Waals surface area contributed by atoms with E-state index in [0.29, 0.717) is 23.4 Å². The fourth-order valence-corrected chi connectivity index (χ4v) is 4.14. The maximum Gasteiger partial charge on any atom is 0.416 e. The first-order valence-electron chi connectivity index (χ1n) is 12.8. The number of amides is 1. The summed E-state index contributed by atoms with van der Waals surface area (Å²) in [4.78, 5) is 17.1. The molecule has 0 spiro atoms. The predicted molar refractivity (Wildman–Crippen MR) is 148 cm³/mol. The normalized spacial score (nSPS) is 11.3. The van der Waals surface area contributed by atoms with Crippen molar-refractivity contribution < 1.29 is 31.8 Å². The van der Waals surface area contributed by atoms with Gasteiger partial charge in [0.15, 0.2) is 5.82 Å². The molecule has 1 N–H and O–H groups in total. The summed E-state index contributed by atoms with van der Waals surface area (Å²) < 4.78 is 66.0. The molecule has 0 aliphatic carbocycles. The third-order valence-electron chi connectivity index (χ3n) is 6.31. The fourth-order valence-electron chi connectivity index (χ4n) is 4.14. The summed E-state index contributed by atoms with van der Waals surface area (Å²) >= 11 is 0. The summed E-state index contributed by atoms with van der Waals surface area (Å²) in [6, 6.07) is 24.1. The highest BCUT2D eigenvalue weighted by atomic mass is 19.4. The van der Waals surface area contributed by atoms with Crippen LogP contribution in [0.5, 0.6) is 11.8 Å². The van der Waals surface area contributed by atoms with Crippen LogP contribution in [0.15, 0.2) is 97.1 Å². The van der Waals surface area contributed by atoms with Gasteiger partial charge in [-0.25, -0.2) is 9.07 Å². The number of nitrogens with zero attached hydrogens (tertiary/aromatic N) is 3. The smallest absolute Gasteiger partial charge is 0.416 e. The molecule has 0 radical (unpaired) electrons. The van der Waals surface area contributed by atoms with Crippen molar-refractivity contribution in [1.82, 2.24) is 14.8 Å². The van der Waals surface area contributed by atoms with Crippen LogP contribution in [-0.2, 0) is 12.6 Å². The fraction of sp³-hybridized carbons (Fsp3) is 0.129. The molecule has 0 unspecified atom stereocenters. The molecule has 5 aromatic rings. The number of halogens is 4. The Morgan fingerprint density at radius 2 is 1.67 bits per heavy atom. The maximum absolute atomic E-state index is 14.1. The Hall–Kier alpha value is -5.19. The Kier molecular flexibility index (Phi) is 8.19. The van der Waals surface area contributed by atoms with Gasteiger partial charge in [-0.2, -0.15) is 18.2 Å². The van der Waals surface area contributed by atoms with E-state index in [1.807, 2.05) is 24.3 Å². The number of alkyl halides is 3. The number of benzene rings is 4. The Morgan fingerprint density at radius 3 is 2.36 bits per heavy atom. The first-order valence-corrected chi connectivity index (χ1v) is 12.8. The van der Waals surface area contributed by atoms with Gasteiger partial charge >= 0.3 is 12.2 Å². The molecule has 5 rings (SSSR count). The number of carbonyl (C=O) groups is 1. The van der Waals surface area contributed by atoms with Crippen LogP contribution in [0.2, 0.25) is 0 Å². The first kappa shape index (κ1) is 28.3. The monoisotopic (exact) mass is 576 g/mol. The maximum atomic E-state index is 14.1. The highest BCUT2D eigenvalue weighted by Crippen LogP contribution is 2.32. The van der Waals surface area contributed by atoms with E-state index in [1.54, 1.807) is 37.4 Å². The van der Waals surface area contributed by atoms with E-state index in [9.17, 15) is 22.4 Å². The number of ether oxygens (including phenoxy) is 2.